The van der Waals surface area contributed by atoms with E-state index in [1.807, 2.05) is 29.6 Å². The number of thiophene rings is 1. The molecular formula is C23H21N3O2S2. The van der Waals surface area contributed by atoms with Crippen molar-refractivity contribution in [3.05, 3.63) is 89.3 Å². The molecule has 2 aromatic heterocycles. The van der Waals surface area contributed by atoms with Gasteiger partial charge in [-0.2, -0.15) is 0 Å². The Hall–Kier alpha value is -2.90. The molecule has 0 unspecified atom stereocenters. The Morgan fingerprint density at radius 1 is 0.967 bits per heavy atom. The minimum absolute atomic E-state index is 0.0456. The van der Waals surface area contributed by atoms with Crippen molar-refractivity contribution in [3.8, 4) is 10.8 Å². The molecule has 30 heavy (non-hydrogen) atoms. The minimum Gasteiger partial charge on any atom is -0.410 e. The second-order valence-corrected chi connectivity index (χ2v) is 8.53. The first-order valence-corrected chi connectivity index (χ1v) is 11.5. The molecule has 2 heterocycles. The number of aromatic nitrogens is 2. The number of carbonyl (C=O) groups excluding carboxylic acids is 1. The van der Waals surface area contributed by atoms with Gasteiger partial charge in [-0.1, -0.05) is 78.5 Å². The third kappa shape index (κ3) is 5.37. The van der Waals surface area contributed by atoms with Crippen molar-refractivity contribution >= 4 is 29.0 Å². The maximum atomic E-state index is 12.3. The van der Waals surface area contributed by atoms with Gasteiger partial charge in [-0.25, -0.2) is 0 Å². The molecule has 7 heteroatoms. The van der Waals surface area contributed by atoms with Gasteiger partial charge in [0.25, 0.3) is 11.1 Å². The first kappa shape index (κ1) is 20.4. The molecule has 4 rings (SSSR count). The lowest BCUT2D eigenvalue weighted by Gasteiger charge is -2.18. The molecule has 0 aliphatic heterocycles. The molecule has 0 aliphatic carbocycles. The summed E-state index contributed by atoms with van der Waals surface area (Å²) >= 11 is 2.79. The lowest BCUT2D eigenvalue weighted by atomic mass is 9.88. The Labute approximate surface area is 183 Å². The van der Waals surface area contributed by atoms with Crippen molar-refractivity contribution in [1.82, 2.24) is 15.5 Å². The van der Waals surface area contributed by atoms with Gasteiger partial charge in [0.05, 0.1) is 10.6 Å². The molecule has 0 spiro atoms. The second kappa shape index (κ2) is 10.2. The predicted molar refractivity (Wildman–Crippen MR) is 121 cm³/mol. The molecule has 1 amide bonds. The van der Waals surface area contributed by atoms with Crippen LogP contribution in [0.4, 0.5) is 0 Å². The molecule has 2 aromatic carbocycles. The van der Waals surface area contributed by atoms with E-state index in [9.17, 15) is 4.79 Å². The van der Waals surface area contributed by atoms with Gasteiger partial charge in [-0.15, -0.1) is 21.5 Å². The molecule has 0 aliphatic rings. The number of nitrogens with one attached hydrogen (secondary N) is 1. The van der Waals surface area contributed by atoms with Crippen molar-refractivity contribution in [2.24, 2.45) is 0 Å². The van der Waals surface area contributed by atoms with Crippen molar-refractivity contribution in [1.29, 1.82) is 0 Å². The average molecular weight is 436 g/mol. The molecule has 0 saturated heterocycles. The Balaban J connectivity index is 1.29. The monoisotopic (exact) mass is 435 g/mol. The van der Waals surface area contributed by atoms with Crippen LogP contribution >= 0.6 is 23.1 Å². The van der Waals surface area contributed by atoms with Crippen LogP contribution in [0.15, 0.2) is 87.8 Å². The van der Waals surface area contributed by atoms with E-state index >= 15 is 0 Å². The van der Waals surface area contributed by atoms with Gasteiger partial charge in [0, 0.05) is 12.5 Å². The third-order valence-electron chi connectivity index (χ3n) is 4.62. The predicted octanol–water partition coefficient (Wildman–Crippen LogP) is 5.23. The molecule has 0 radical (unpaired) electrons. The highest BCUT2D eigenvalue weighted by atomic mass is 32.2. The summed E-state index contributed by atoms with van der Waals surface area (Å²) in [6.45, 7) is 0.595. The van der Waals surface area contributed by atoms with E-state index in [2.05, 4.69) is 64.0 Å². The van der Waals surface area contributed by atoms with E-state index in [0.29, 0.717) is 17.7 Å². The van der Waals surface area contributed by atoms with Gasteiger partial charge in [0.15, 0.2) is 0 Å². The number of hydrogen-bond acceptors (Lipinski definition) is 6. The van der Waals surface area contributed by atoms with E-state index in [4.69, 9.17) is 4.42 Å². The van der Waals surface area contributed by atoms with Gasteiger partial charge in [-0.3, -0.25) is 4.79 Å². The van der Waals surface area contributed by atoms with Gasteiger partial charge >= 0.3 is 0 Å². The normalized spacial score (nSPS) is 11.0. The Morgan fingerprint density at radius 2 is 1.67 bits per heavy atom. The summed E-state index contributed by atoms with van der Waals surface area (Å²) in [5.41, 5.74) is 2.50. The lowest BCUT2D eigenvalue weighted by Crippen LogP contribution is -2.27. The fraction of sp³-hybridized carbons (Fsp3) is 0.174. The fourth-order valence-corrected chi connectivity index (χ4v) is 4.44. The number of rotatable bonds is 9. The van der Waals surface area contributed by atoms with Gasteiger partial charge < -0.3 is 9.73 Å². The quantitative estimate of drug-likeness (QED) is 0.365. The zero-order valence-corrected chi connectivity index (χ0v) is 17.9. The molecule has 0 saturated carbocycles. The van der Waals surface area contributed by atoms with E-state index in [1.165, 1.54) is 34.2 Å². The molecule has 0 bridgehead atoms. The summed E-state index contributed by atoms with van der Waals surface area (Å²) < 4.78 is 5.61. The largest absolute Gasteiger partial charge is 0.410 e. The topological polar surface area (TPSA) is 68.0 Å². The van der Waals surface area contributed by atoms with Crippen LogP contribution in [0.25, 0.3) is 10.8 Å². The Bertz CT molecular complexity index is 1010. The fourth-order valence-electron chi connectivity index (χ4n) is 3.20. The number of hydrogen-bond donors (Lipinski definition) is 1. The van der Waals surface area contributed by atoms with Crippen LogP contribution in [0.3, 0.4) is 0 Å². The summed E-state index contributed by atoms with van der Waals surface area (Å²) in [4.78, 5) is 13.2. The van der Waals surface area contributed by atoms with Gasteiger partial charge in [-0.05, 0) is 29.0 Å². The van der Waals surface area contributed by atoms with Crippen molar-refractivity contribution in [2.45, 2.75) is 17.6 Å². The average Bonchev–Trinajstić information content (AvgIpc) is 3.48. The molecule has 0 atom stereocenters. The number of benzene rings is 2. The second-order valence-electron chi connectivity index (χ2n) is 6.65. The van der Waals surface area contributed by atoms with Crippen LogP contribution in [0.1, 0.15) is 23.5 Å². The number of nitrogens with zero attached hydrogens (tertiary/aromatic N) is 2. The van der Waals surface area contributed by atoms with Crippen molar-refractivity contribution < 1.29 is 9.21 Å². The summed E-state index contributed by atoms with van der Waals surface area (Å²) in [6, 6.07) is 24.6. The van der Waals surface area contributed by atoms with Gasteiger partial charge in [0.1, 0.15) is 0 Å². The standard InChI is InChI=1S/C23H21N3O2S2/c27-21(16-30-23-26-25-22(28-23)20-12-7-15-29-20)24-14-13-19(17-8-3-1-4-9-17)18-10-5-2-6-11-18/h1-12,15,19H,13-14,16H2,(H,24,27). The van der Waals surface area contributed by atoms with E-state index in [0.717, 1.165) is 11.3 Å². The van der Waals surface area contributed by atoms with Crippen LogP contribution in [-0.2, 0) is 4.79 Å². The minimum atomic E-state index is -0.0456. The highest BCUT2D eigenvalue weighted by Gasteiger charge is 2.15. The highest BCUT2D eigenvalue weighted by molar-refractivity contribution is 7.99. The molecule has 1 N–H and O–H groups in total. The number of carbonyl (C=O) groups is 1. The number of amides is 1. The van der Waals surface area contributed by atoms with E-state index < -0.39 is 0 Å². The summed E-state index contributed by atoms with van der Waals surface area (Å²) in [5.74, 6) is 0.926. The van der Waals surface area contributed by atoms with Crippen LogP contribution in [0.2, 0.25) is 0 Å². The molecule has 152 valence electrons. The van der Waals surface area contributed by atoms with Crippen molar-refractivity contribution in [2.75, 3.05) is 12.3 Å². The Morgan fingerprint density at radius 3 is 2.30 bits per heavy atom. The first-order chi connectivity index (χ1) is 14.8. The SMILES string of the molecule is O=C(CSc1nnc(-c2cccs2)o1)NCCC(c1ccccc1)c1ccccc1. The highest BCUT2D eigenvalue weighted by Crippen LogP contribution is 2.28. The molecule has 5 nitrogen and oxygen atoms in total. The molecule has 0 fully saturated rings. The van der Waals surface area contributed by atoms with E-state index in [-0.39, 0.29) is 17.6 Å². The van der Waals surface area contributed by atoms with E-state index in [1.54, 1.807) is 0 Å². The summed E-state index contributed by atoms with van der Waals surface area (Å²) in [7, 11) is 0. The molecular weight excluding hydrogens is 414 g/mol. The third-order valence-corrected chi connectivity index (χ3v) is 6.30. The molecule has 4 aromatic rings. The summed E-state index contributed by atoms with van der Waals surface area (Å²) in [5, 5.41) is 13.4. The smallest absolute Gasteiger partial charge is 0.277 e. The van der Waals surface area contributed by atoms with Crippen LogP contribution in [-0.4, -0.2) is 28.4 Å². The lowest BCUT2D eigenvalue weighted by molar-refractivity contribution is -0.118. The summed E-state index contributed by atoms with van der Waals surface area (Å²) in [6.07, 6.45) is 0.827. The van der Waals surface area contributed by atoms with Crippen LogP contribution in [0, 0.1) is 0 Å². The number of thioether (sulfide) groups is 1. The zero-order chi connectivity index (χ0) is 20.6. The zero-order valence-electron chi connectivity index (χ0n) is 16.2. The maximum Gasteiger partial charge on any atom is 0.277 e. The van der Waals surface area contributed by atoms with Crippen LogP contribution in [0.5, 0.6) is 0 Å². The Kier molecular flexibility index (Phi) is 6.95. The maximum absolute atomic E-state index is 12.3. The van der Waals surface area contributed by atoms with Crippen LogP contribution < -0.4 is 5.32 Å². The van der Waals surface area contributed by atoms with Crippen molar-refractivity contribution in [3.63, 3.8) is 0 Å². The van der Waals surface area contributed by atoms with Gasteiger partial charge in [0.2, 0.25) is 5.91 Å². The first-order valence-electron chi connectivity index (χ1n) is 9.66.